The Balaban J connectivity index is 2.38. The molecule has 2 aromatic heterocycles. The molecule has 3 N–H and O–H groups in total. The van der Waals surface area contributed by atoms with E-state index in [0.717, 1.165) is 5.69 Å². The van der Waals surface area contributed by atoms with Crippen molar-refractivity contribution in [3.8, 4) is 11.8 Å². The number of amidine groups is 1. The number of pyridine rings is 1. The fraction of sp³-hybridized carbons (Fsp3) is 0.182. The average molecular weight is 247 g/mol. The van der Waals surface area contributed by atoms with E-state index in [-0.39, 0.29) is 11.7 Å². The van der Waals surface area contributed by atoms with Crippen molar-refractivity contribution in [2.24, 2.45) is 17.9 Å². The van der Waals surface area contributed by atoms with Crippen LogP contribution in [-0.4, -0.2) is 25.8 Å². The minimum absolute atomic E-state index is 0.0583. The highest BCUT2D eigenvalue weighted by atomic mass is 16.5. The third-order valence-corrected chi connectivity index (χ3v) is 2.32. The number of rotatable bonds is 3. The molecule has 0 radical (unpaired) electrons. The van der Waals surface area contributed by atoms with E-state index in [0.29, 0.717) is 11.4 Å². The standard InChI is InChI=1S/C11H13N5O2/c1-7-6-9(16(2)14-7)18-11-8(10(12)15-17)4-3-5-13-11/h3-6,17H,1-2H3,(H2,12,15). The fourth-order valence-corrected chi connectivity index (χ4v) is 1.50. The number of nitrogens with two attached hydrogens (primary N) is 1. The highest BCUT2D eigenvalue weighted by molar-refractivity contribution is 5.99. The summed E-state index contributed by atoms with van der Waals surface area (Å²) < 4.78 is 7.18. The Morgan fingerprint density at radius 2 is 2.33 bits per heavy atom. The van der Waals surface area contributed by atoms with Gasteiger partial charge in [0.05, 0.1) is 11.3 Å². The number of oxime groups is 1. The van der Waals surface area contributed by atoms with Gasteiger partial charge >= 0.3 is 0 Å². The Bertz CT molecular complexity index is 591. The first-order valence-corrected chi connectivity index (χ1v) is 5.23. The van der Waals surface area contributed by atoms with Gasteiger partial charge in [-0.05, 0) is 19.1 Å². The maximum absolute atomic E-state index is 8.70. The van der Waals surface area contributed by atoms with Gasteiger partial charge in [-0.3, -0.25) is 0 Å². The van der Waals surface area contributed by atoms with E-state index in [2.05, 4.69) is 15.2 Å². The molecule has 0 aliphatic carbocycles. The van der Waals surface area contributed by atoms with E-state index in [1.165, 1.54) is 0 Å². The van der Waals surface area contributed by atoms with E-state index < -0.39 is 0 Å². The van der Waals surface area contributed by atoms with E-state index in [1.54, 1.807) is 36.1 Å². The number of aryl methyl sites for hydroxylation is 2. The lowest BCUT2D eigenvalue weighted by atomic mass is 10.2. The molecule has 0 saturated heterocycles. The quantitative estimate of drug-likeness (QED) is 0.365. The summed E-state index contributed by atoms with van der Waals surface area (Å²) in [6, 6.07) is 5.10. The zero-order chi connectivity index (χ0) is 13.1. The van der Waals surface area contributed by atoms with Crippen LogP contribution >= 0.6 is 0 Å². The van der Waals surface area contributed by atoms with Crippen LogP contribution in [0.25, 0.3) is 0 Å². The highest BCUT2D eigenvalue weighted by Gasteiger charge is 2.12. The average Bonchev–Trinajstić information content (AvgIpc) is 2.67. The van der Waals surface area contributed by atoms with Crippen LogP contribution in [0, 0.1) is 6.92 Å². The molecule has 0 aliphatic heterocycles. The molecule has 2 rings (SSSR count). The molecule has 0 aromatic carbocycles. The SMILES string of the molecule is Cc1cc(Oc2ncccc2/C(N)=N/O)n(C)n1. The smallest absolute Gasteiger partial charge is 0.232 e. The van der Waals surface area contributed by atoms with Crippen LogP contribution in [0.3, 0.4) is 0 Å². The Morgan fingerprint density at radius 1 is 1.56 bits per heavy atom. The van der Waals surface area contributed by atoms with Crippen molar-refractivity contribution in [3.05, 3.63) is 35.7 Å². The molecule has 0 saturated carbocycles. The topological polar surface area (TPSA) is 98.5 Å². The molecule has 0 spiro atoms. The minimum Gasteiger partial charge on any atom is -0.420 e. The number of ether oxygens (including phenoxy) is 1. The lowest BCUT2D eigenvalue weighted by molar-refractivity contribution is 0.318. The Morgan fingerprint density at radius 3 is 2.94 bits per heavy atom. The van der Waals surface area contributed by atoms with Gasteiger partial charge < -0.3 is 15.7 Å². The third kappa shape index (κ3) is 2.24. The molecule has 18 heavy (non-hydrogen) atoms. The van der Waals surface area contributed by atoms with Crippen molar-refractivity contribution < 1.29 is 9.94 Å². The van der Waals surface area contributed by atoms with Gasteiger partial charge in [-0.1, -0.05) is 5.16 Å². The summed E-state index contributed by atoms with van der Waals surface area (Å²) in [5, 5.41) is 15.8. The number of aromatic nitrogens is 3. The zero-order valence-corrected chi connectivity index (χ0v) is 10.0. The first-order chi connectivity index (χ1) is 8.61. The highest BCUT2D eigenvalue weighted by Crippen LogP contribution is 2.22. The summed E-state index contributed by atoms with van der Waals surface area (Å²) in [4.78, 5) is 4.06. The molecule has 2 heterocycles. The van der Waals surface area contributed by atoms with Crippen LogP contribution in [0.2, 0.25) is 0 Å². The monoisotopic (exact) mass is 247 g/mol. The largest absolute Gasteiger partial charge is 0.420 e. The van der Waals surface area contributed by atoms with Gasteiger partial charge in [0.25, 0.3) is 0 Å². The second kappa shape index (κ2) is 4.74. The maximum Gasteiger partial charge on any atom is 0.232 e. The van der Waals surface area contributed by atoms with Gasteiger partial charge in [-0.2, -0.15) is 5.10 Å². The fourth-order valence-electron chi connectivity index (χ4n) is 1.50. The van der Waals surface area contributed by atoms with Crippen LogP contribution in [0.15, 0.2) is 29.6 Å². The molecule has 94 valence electrons. The van der Waals surface area contributed by atoms with Crippen LogP contribution in [0.5, 0.6) is 11.8 Å². The summed E-state index contributed by atoms with van der Waals surface area (Å²) in [5.41, 5.74) is 6.79. The predicted molar refractivity (Wildman–Crippen MR) is 64.8 cm³/mol. The Labute approximate surface area is 104 Å². The van der Waals surface area contributed by atoms with Crippen molar-refractivity contribution in [3.63, 3.8) is 0 Å². The van der Waals surface area contributed by atoms with Crippen LogP contribution < -0.4 is 10.5 Å². The lowest BCUT2D eigenvalue weighted by Gasteiger charge is -2.08. The van der Waals surface area contributed by atoms with Gasteiger partial charge in [-0.25, -0.2) is 9.67 Å². The van der Waals surface area contributed by atoms with Gasteiger partial charge in [0, 0.05) is 19.3 Å². The summed E-state index contributed by atoms with van der Waals surface area (Å²) in [6.07, 6.45) is 1.56. The summed E-state index contributed by atoms with van der Waals surface area (Å²) in [5.74, 6) is 0.728. The first-order valence-electron chi connectivity index (χ1n) is 5.23. The summed E-state index contributed by atoms with van der Waals surface area (Å²) >= 11 is 0. The van der Waals surface area contributed by atoms with Crippen LogP contribution in [-0.2, 0) is 7.05 Å². The molecule has 0 amide bonds. The maximum atomic E-state index is 8.70. The second-order valence-corrected chi connectivity index (χ2v) is 3.69. The minimum atomic E-state index is -0.0583. The predicted octanol–water partition coefficient (Wildman–Crippen LogP) is 1.01. The first kappa shape index (κ1) is 11.9. The van der Waals surface area contributed by atoms with Gasteiger partial charge in [0.1, 0.15) is 0 Å². The number of hydrogen-bond donors (Lipinski definition) is 2. The van der Waals surface area contributed by atoms with Gasteiger partial charge in [0.2, 0.25) is 11.8 Å². The van der Waals surface area contributed by atoms with Crippen molar-refractivity contribution in [2.75, 3.05) is 0 Å². The van der Waals surface area contributed by atoms with Crippen LogP contribution in [0.4, 0.5) is 0 Å². The molecule has 0 aliphatic rings. The molecule has 7 heteroatoms. The van der Waals surface area contributed by atoms with Gasteiger partial charge in [-0.15, -0.1) is 0 Å². The van der Waals surface area contributed by atoms with Crippen molar-refractivity contribution in [1.29, 1.82) is 0 Å². The summed E-state index contributed by atoms with van der Waals surface area (Å²) in [6.45, 7) is 1.86. The Kier molecular flexibility index (Phi) is 3.13. The lowest BCUT2D eigenvalue weighted by Crippen LogP contribution is -2.15. The van der Waals surface area contributed by atoms with Crippen molar-refractivity contribution >= 4 is 5.84 Å². The molecule has 2 aromatic rings. The van der Waals surface area contributed by atoms with E-state index in [1.807, 2.05) is 6.92 Å². The van der Waals surface area contributed by atoms with Gasteiger partial charge in [0.15, 0.2) is 5.84 Å². The molecule has 0 fully saturated rings. The van der Waals surface area contributed by atoms with E-state index >= 15 is 0 Å². The molecule has 7 nitrogen and oxygen atoms in total. The molecular formula is C11H13N5O2. The molecular weight excluding hydrogens is 234 g/mol. The number of nitrogens with zero attached hydrogens (tertiary/aromatic N) is 4. The number of hydrogen-bond acceptors (Lipinski definition) is 5. The van der Waals surface area contributed by atoms with Crippen molar-refractivity contribution in [1.82, 2.24) is 14.8 Å². The molecule has 0 unspecified atom stereocenters. The third-order valence-electron chi connectivity index (χ3n) is 2.32. The molecule has 0 atom stereocenters. The second-order valence-electron chi connectivity index (χ2n) is 3.69. The van der Waals surface area contributed by atoms with Crippen LogP contribution in [0.1, 0.15) is 11.3 Å². The van der Waals surface area contributed by atoms with E-state index in [9.17, 15) is 0 Å². The Hall–Kier alpha value is -2.57. The van der Waals surface area contributed by atoms with E-state index in [4.69, 9.17) is 15.7 Å². The zero-order valence-electron chi connectivity index (χ0n) is 10.0. The normalized spacial score (nSPS) is 11.6. The summed E-state index contributed by atoms with van der Waals surface area (Å²) in [7, 11) is 1.76. The van der Waals surface area contributed by atoms with Crippen molar-refractivity contribution in [2.45, 2.75) is 6.92 Å². The molecule has 0 bridgehead atoms.